The monoisotopic (exact) mass is 269 g/mol. The lowest BCUT2D eigenvalue weighted by molar-refractivity contribution is -0.153. The molecule has 1 aliphatic rings. The molecule has 0 atom stereocenters. The van der Waals surface area contributed by atoms with Gasteiger partial charge in [0.15, 0.2) is 0 Å². The van der Waals surface area contributed by atoms with Crippen LogP contribution in [0.5, 0.6) is 0 Å². The summed E-state index contributed by atoms with van der Waals surface area (Å²) in [6, 6.07) is 7.95. The van der Waals surface area contributed by atoms with E-state index in [1.165, 1.54) is 12.1 Å². The van der Waals surface area contributed by atoms with Crippen molar-refractivity contribution in [2.24, 2.45) is 5.41 Å². The third-order valence-electron chi connectivity index (χ3n) is 3.42. The summed E-state index contributed by atoms with van der Waals surface area (Å²) in [4.78, 5) is 11.3. The van der Waals surface area contributed by atoms with Crippen molar-refractivity contribution in [2.45, 2.75) is 24.2 Å². The molecule has 0 heterocycles. The quantitative estimate of drug-likeness (QED) is 0.842. The fourth-order valence-corrected chi connectivity index (χ4v) is 3.13. The van der Waals surface area contributed by atoms with Crippen LogP contribution in [0.1, 0.15) is 19.3 Å². The first-order valence-electron chi connectivity index (χ1n) is 5.74. The average Bonchev–Trinajstić information content (AvgIpc) is 2.28. The van der Waals surface area contributed by atoms with Gasteiger partial charge in [0.25, 0.3) is 0 Å². The molecule has 1 aliphatic carbocycles. The van der Waals surface area contributed by atoms with E-state index in [0.29, 0.717) is 12.8 Å². The third kappa shape index (κ3) is 2.39. The van der Waals surface area contributed by atoms with E-state index in [4.69, 9.17) is 5.11 Å². The van der Waals surface area contributed by atoms with Crippen LogP contribution in [0, 0.1) is 5.41 Å². The molecule has 18 heavy (non-hydrogen) atoms. The van der Waals surface area contributed by atoms with Crippen molar-refractivity contribution in [3.8, 4) is 0 Å². The zero-order valence-corrected chi connectivity index (χ0v) is 10.6. The molecule has 1 fully saturated rings. The number of hydrogen-bond acceptors (Lipinski definition) is 3. The fourth-order valence-electron chi connectivity index (χ4n) is 1.99. The number of aliphatic carboxylic acids is 1. The standard InChI is InChI=1S/C12H15NO4S/c14-11(15)12(7-4-8-12)9-13-18(16,17)10-5-2-1-3-6-10/h1-3,5-6,13H,4,7-9H2,(H,14,15). The summed E-state index contributed by atoms with van der Waals surface area (Å²) in [6.07, 6.45) is 1.89. The number of nitrogens with one attached hydrogen (secondary N) is 1. The maximum Gasteiger partial charge on any atom is 0.310 e. The summed E-state index contributed by atoms with van der Waals surface area (Å²) in [5.74, 6) is -0.926. The van der Waals surface area contributed by atoms with Crippen molar-refractivity contribution in [2.75, 3.05) is 6.54 Å². The SMILES string of the molecule is O=C(O)C1(CNS(=O)(=O)c2ccccc2)CCC1. The van der Waals surface area contributed by atoms with Crippen LogP contribution in [0.25, 0.3) is 0 Å². The van der Waals surface area contributed by atoms with Crippen LogP contribution in [0.3, 0.4) is 0 Å². The van der Waals surface area contributed by atoms with E-state index >= 15 is 0 Å². The highest BCUT2D eigenvalue weighted by Crippen LogP contribution is 2.40. The van der Waals surface area contributed by atoms with Crippen molar-refractivity contribution in [1.29, 1.82) is 0 Å². The summed E-state index contributed by atoms with van der Waals surface area (Å²) in [5, 5.41) is 9.12. The molecule has 1 saturated carbocycles. The highest BCUT2D eigenvalue weighted by Gasteiger charge is 2.44. The van der Waals surface area contributed by atoms with Crippen LogP contribution in [0.2, 0.25) is 0 Å². The predicted octanol–water partition coefficient (Wildman–Crippen LogP) is 1.22. The Kier molecular flexibility index (Phi) is 3.41. The first-order chi connectivity index (χ1) is 8.46. The van der Waals surface area contributed by atoms with Gasteiger partial charge in [-0.25, -0.2) is 13.1 Å². The smallest absolute Gasteiger partial charge is 0.310 e. The zero-order valence-electron chi connectivity index (χ0n) is 9.80. The van der Waals surface area contributed by atoms with Gasteiger partial charge in [0.05, 0.1) is 10.3 Å². The molecule has 5 nitrogen and oxygen atoms in total. The average molecular weight is 269 g/mol. The molecule has 0 saturated heterocycles. The Bertz CT molecular complexity index is 534. The second-order valence-corrected chi connectivity index (χ2v) is 6.34. The molecule has 2 rings (SSSR count). The summed E-state index contributed by atoms with van der Waals surface area (Å²) >= 11 is 0. The molecule has 0 unspecified atom stereocenters. The van der Waals surface area contributed by atoms with Gasteiger partial charge in [0, 0.05) is 6.54 Å². The summed E-state index contributed by atoms with van der Waals surface area (Å²) in [6.45, 7) is -0.0421. The predicted molar refractivity (Wildman–Crippen MR) is 65.6 cm³/mol. The van der Waals surface area contributed by atoms with Crippen LogP contribution in [0.4, 0.5) is 0 Å². The van der Waals surface area contributed by atoms with Gasteiger partial charge in [0.1, 0.15) is 0 Å². The van der Waals surface area contributed by atoms with E-state index in [0.717, 1.165) is 6.42 Å². The number of carboxylic acids is 1. The Morgan fingerprint density at radius 2 is 1.89 bits per heavy atom. The van der Waals surface area contributed by atoms with Gasteiger partial charge >= 0.3 is 5.97 Å². The number of carboxylic acid groups (broad SMARTS) is 1. The largest absolute Gasteiger partial charge is 0.481 e. The summed E-state index contributed by atoms with van der Waals surface area (Å²) in [5.41, 5.74) is -0.915. The first kappa shape index (κ1) is 13.0. The maximum atomic E-state index is 11.9. The number of sulfonamides is 1. The van der Waals surface area contributed by atoms with Crippen molar-refractivity contribution in [1.82, 2.24) is 4.72 Å². The summed E-state index contributed by atoms with van der Waals surface area (Å²) < 4.78 is 26.3. The highest BCUT2D eigenvalue weighted by atomic mass is 32.2. The zero-order chi connectivity index (χ0) is 13.2. The van der Waals surface area contributed by atoms with E-state index in [2.05, 4.69) is 4.72 Å². The Hall–Kier alpha value is -1.40. The normalized spacial score (nSPS) is 18.0. The van der Waals surface area contributed by atoms with E-state index in [1.807, 2.05) is 0 Å². The highest BCUT2D eigenvalue weighted by molar-refractivity contribution is 7.89. The van der Waals surface area contributed by atoms with Crippen LogP contribution >= 0.6 is 0 Å². The minimum atomic E-state index is -3.62. The van der Waals surface area contributed by atoms with Gasteiger partial charge in [-0.2, -0.15) is 0 Å². The molecule has 0 bridgehead atoms. The van der Waals surface area contributed by atoms with Crippen molar-refractivity contribution >= 4 is 16.0 Å². The van der Waals surface area contributed by atoms with Gasteiger partial charge < -0.3 is 5.11 Å². The van der Waals surface area contributed by atoms with E-state index in [1.54, 1.807) is 18.2 Å². The van der Waals surface area contributed by atoms with Crippen molar-refractivity contribution < 1.29 is 18.3 Å². The minimum Gasteiger partial charge on any atom is -0.481 e. The lowest BCUT2D eigenvalue weighted by Gasteiger charge is -2.37. The Morgan fingerprint density at radius 1 is 1.28 bits per heavy atom. The summed E-state index contributed by atoms with van der Waals surface area (Å²) in [7, 11) is -3.62. The molecule has 0 aromatic heterocycles. The van der Waals surface area contributed by atoms with Gasteiger partial charge in [0.2, 0.25) is 10.0 Å². The number of hydrogen-bond donors (Lipinski definition) is 2. The Morgan fingerprint density at radius 3 is 2.33 bits per heavy atom. The molecule has 2 N–H and O–H groups in total. The molecular weight excluding hydrogens is 254 g/mol. The number of carbonyl (C=O) groups is 1. The lowest BCUT2D eigenvalue weighted by Crippen LogP contribution is -2.47. The van der Waals surface area contributed by atoms with Gasteiger partial charge in [-0.3, -0.25) is 4.79 Å². The minimum absolute atomic E-state index is 0.0421. The molecule has 1 aromatic rings. The maximum absolute atomic E-state index is 11.9. The molecule has 1 aromatic carbocycles. The van der Waals surface area contributed by atoms with Crippen molar-refractivity contribution in [3.05, 3.63) is 30.3 Å². The van der Waals surface area contributed by atoms with Crippen molar-refractivity contribution in [3.63, 3.8) is 0 Å². The molecule has 98 valence electrons. The van der Waals surface area contributed by atoms with Gasteiger partial charge in [-0.1, -0.05) is 24.6 Å². The lowest BCUT2D eigenvalue weighted by atomic mass is 9.69. The third-order valence-corrected chi connectivity index (χ3v) is 4.84. The Balaban J connectivity index is 2.08. The molecule has 0 amide bonds. The fraction of sp³-hybridized carbons (Fsp3) is 0.417. The first-order valence-corrected chi connectivity index (χ1v) is 7.23. The topological polar surface area (TPSA) is 83.5 Å². The molecule has 6 heteroatoms. The van der Waals surface area contributed by atoms with Crippen LogP contribution in [-0.2, 0) is 14.8 Å². The van der Waals surface area contributed by atoms with E-state index in [-0.39, 0.29) is 11.4 Å². The second kappa shape index (κ2) is 4.70. The van der Waals surface area contributed by atoms with E-state index < -0.39 is 21.4 Å². The molecule has 0 spiro atoms. The molecular formula is C12H15NO4S. The molecule has 0 aliphatic heterocycles. The Labute approximate surface area is 106 Å². The van der Waals surface area contributed by atoms with Gasteiger partial charge in [-0.15, -0.1) is 0 Å². The van der Waals surface area contributed by atoms with Crippen LogP contribution < -0.4 is 4.72 Å². The van der Waals surface area contributed by atoms with Crippen LogP contribution in [0.15, 0.2) is 35.2 Å². The second-order valence-electron chi connectivity index (χ2n) is 4.58. The number of rotatable bonds is 5. The van der Waals surface area contributed by atoms with E-state index in [9.17, 15) is 13.2 Å². The van der Waals surface area contributed by atoms with Crippen LogP contribution in [-0.4, -0.2) is 26.0 Å². The molecule has 0 radical (unpaired) electrons. The van der Waals surface area contributed by atoms with Gasteiger partial charge in [-0.05, 0) is 25.0 Å². The number of benzene rings is 1.